The highest BCUT2D eigenvalue weighted by molar-refractivity contribution is 7.19. The number of ether oxygens (including phenoxy) is 1. The van der Waals surface area contributed by atoms with Gasteiger partial charge in [-0.3, -0.25) is 9.36 Å². The largest absolute Gasteiger partial charge is 0.490 e. The summed E-state index contributed by atoms with van der Waals surface area (Å²) in [6.45, 7) is 3.99. The summed E-state index contributed by atoms with van der Waals surface area (Å²) in [4.78, 5) is 21.0. The zero-order chi connectivity index (χ0) is 23.8. The van der Waals surface area contributed by atoms with E-state index in [9.17, 15) is 9.90 Å². The topological polar surface area (TPSA) is 67.6 Å². The molecule has 4 heterocycles. The van der Waals surface area contributed by atoms with Gasteiger partial charge in [0.1, 0.15) is 29.0 Å². The first-order valence-electron chi connectivity index (χ1n) is 12.2. The lowest BCUT2D eigenvalue weighted by Gasteiger charge is -2.36. The fourth-order valence-corrected chi connectivity index (χ4v) is 6.06. The van der Waals surface area contributed by atoms with Gasteiger partial charge in [0.05, 0.1) is 16.1 Å². The third kappa shape index (κ3) is 4.38. The molecule has 1 unspecified atom stereocenters. The molecule has 178 valence electrons. The van der Waals surface area contributed by atoms with Gasteiger partial charge < -0.3 is 14.7 Å². The smallest absolute Gasteiger partial charge is 0.275 e. The number of aromatic nitrogens is 2. The molecule has 1 N–H and O–H groups in total. The summed E-state index contributed by atoms with van der Waals surface area (Å²) in [5.74, 6) is 6.69. The lowest BCUT2D eigenvalue weighted by atomic mass is 10.00. The molecule has 2 aromatic heterocycles. The first-order valence-corrected chi connectivity index (χ1v) is 13.0. The van der Waals surface area contributed by atoms with Gasteiger partial charge in [-0.25, -0.2) is 4.98 Å². The monoisotopic (exact) mass is 477 g/mol. The molecule has 7 heteroatoms. The highest BCUT2D eigenvalue weighted by Crippen LogP contribution is 2.36. The summed E-state index contributed by atoms with van der Waals surface area (Å²) in [6.07, 6.45) is 7.28. The van der Waals surface area contributed by atoms with E-state index in [0.29, 0.717) is 28.7 Å². The molecule has 0 spiro atoms. The molecular formula is C27H31N3O3S. The van der Waals surface area contributed by atoms with Crippen LogP contribution in [-0.2, 0) is 6.42 Å². The van der Waals surface area contributed by atoms with Crippen LogP contribution in [-0.4, -0.2) is 50.9 Å². The Hall–Kier alpha value is -2.66. The Kier molecular flexibility index (Phi) is 6.48. The number of piperidine rings is 1. The second-order valence-electron chi connectivity index (χ2n) is 9.35. The van der Waals surface area contributed by atoms with E-state index >= 15 is 0 Å². The van der Waals surface area contributed by atoms with Gasteiger partial charge in [-0.15, -0.1) is 11.3 Å². The van der Waals surface area contributed by atoms with Gasteiger partial charge in [-0.05, 0) is 75.4 Å². The molecule has 2 bridgehead atoms. The first kappa shape index (κ1) is 23.1. The summed E-state index contributed by atoms with van der Waals surface area (Å²) >= 11 is 1.32. The van der Waals surface area contributed by atoms with Crippen LogP contribution in [0.3, 0.4) is 0 Å². The Morgan fingerprint density at radius 2 is 2.00 bits per heavy atom. The number of aliphatic hydroxyl groups is 1. The van der Waals surface area contributed by atoms with Crippen LogP contribution < -0.4 is 10.3 Å². The number of aryl methyl sites for hydroxylation is 1. The van der Waals surface area contributed by atoms with E-state index in [4.69, 9.17) is 4.74 Å². The highest BCUT2D eigenvalue weighted by Gasteiger charge is 2.39. The molecule has 3 aromatic rings. The van der Waals surface area contributed by atoms with Crippen molar-refractivity contribution < 1.29 is 9.84 Å². The Morgan fingerprint density at radius 1 is 1.24 bits per heavy atom. The number of hydrogen-bond donors (Lipinski definition) is 1. The maximum Gasteiger partial charge on any atom is 0.275 e. The normalized spacial score (nSPS) is 23.0. The van der Waals surface area contributed by atoms with Crippen LogP contribution >= 0.6 is 11.3 Å². The predicted octanol–water partition coefficient (Wildman–Crippen LogP) is 4.14. The molecule has 5 rings (SSSR count). The van der Waals surface area contributed by atoms with Gasteiger partial charge in [-0.1, -0.05) is 25.7 Å². The van der Waals surface area contributed by atoms with Gasteiger partial charge in [0.15, 0.2) is 0 Å². The van der Waals surface area contributed by atoms with Crippen LogP contribution in [0.2, 0.25) is 0 Å². The zero-order valence-corrected chi connectivity index (χ0v) is 20.8. The van der Waals surface area contributed by atoms with Crippen molar-refractivity contribution in [2.75, 3.05) is 7.05 Å². The number of aliphatic hydroxyl groups excluding tert-OH is 1. The number of nitrogens with zero attached hydrogens (tertiary/aromatic N) is 3. The van der Waals surface area contributed by atoms with Crippen molar-refractivity contribution in [3.8, 4) is 23.3 Å². The molecule has 2 saturated heterocycles. The number of rotatable bonds is 5. The van der Waals surface area contributed by atoms with Gasteiger partial charge in [-0.2, -0.15) is 0 Å². The van der Waals surface area contributed by atoms with Crippen LogP contribution in [0.5, 0.6) is 5.75 Å². The summed E-state index contributed by atoms with van der Waals surface area (Å²) in [5, 5.41) is 9.69. The fraction of sp³-hybridized carbons (Fsp3) is 0.481. The van der Waals surface area contributed by atoms with Crippen LogP contribution in [0, 0.1) is 11.8 Å². The molecule has 6 nitrogen and oxygen atoms in total. The lowest BCUT2D eigenvalue weighted by molar-refractivity contribution is 0.0656. The Labute approximate surface area is 204 Å². The molecule has 0 aliphatic carbocycles. The van der Waals surface area contributed by atoms with Crippen molar-refractivity contribution in [3.05, 3.63) is 51.4 Å². The minimum atomic E-state index is -0.660. The van der Waals surface area contributed by atoms with E-state index in [0.717, 1.165) is 41.1 Å². The molecule has 1 aromatic carbocycles. The molecule has 0 amide bonds. The highest BCUT2D eigenvalue weighted by atomic mass is 32.1. The van der Waals surface area contributed by atoms with Gasteiger partial charge in [0, 0.05) is 12.1 Å². The SMILES string of the molecule is CCc1cc(-n2cnc3cc(C#CC(O)CC)sc3c2=O)ccc1O[C@H]1C[C@H]2CC[C@@H](C1)N2C. The van der Waals surface area contributed by atoms with E-state index in [-0.39, 0.29) is 11.7 Å². The van der Waals surface area contributed by atoms with E-state index in [1.165, 1.54) is 24.2 Å². The Morgan fingerprint density at radius 3 is 2.71 bits per heavy atom. The molecule has 0 radical (unpaired) electrons. The molecule has 4 atom stereocenters. The number of benzene rings is 1. The van der Waals surface area contributed by atoms with Gasteiger partial charge >= 0.3 is 0 Å². The molecule has 34 heavy (non-hydrogen) atoms. The van der Waals surface area contributed by atoms with Crippen molar-refractivity contribution >= 4 is 21.6 Å². The van der Waals surface area contributed by atoms with Gasteiger partial charge in [0.2, 0.25) is 0 Å². The van der Waals surface area contributed by atoms with Crippen LogP contribution in [0.15, 0.2) is 35.4 Å². The summed E-state index contributed by atoms with van der Waals surface area (Å²) in [6, 6.07) is 9.07. The third-order valence-electron chi connectivity index (χ3n) is 7.24. The fourth-order valence-electron chi connectivity index (χ4n) is 5.16. The molecule has 2 fully saturated rings. The van der Waals surface area contributed by atoms with Crippen molar-refractivity contribution in [1.82, 2.24) is 14.5 Å². The average molecular weight is 478 g/mol. The minimum absolute atomic E-state index is 0.110. The average Bonchev–Trinajstić information content (AvgIpc) is 3.34. The second-order valence-corrected chi connectivity index (χ2v) is 10.4. The zero-order valence-electron chi connectivity index (χ0n) is 20.0. The first-order chi connectivity index (χ1) is 16.5. The summed E-state index contributed by atoms with van der Waals surface area (Å²) < 4.78 is 8.65. The van der Waals surface area contributed by atoms with Gasteiger partial charge in [0.25, 0.3) is 5.56 Å². The van der Waals surface area contributed by atoms with Crippen LogP contribution in [0.25, 0.3) is 15.9 Å². The number of hydrogen-bond acceptors (Lipinski definition) is 6. The van der Waals surface area contributed by atoms with E-state index in [1.54, 1.807) is 10.9 Å². The Balaban J connectivity index is 1.41. The summed E-state index contributed by atoms with van der Waals surface area (Å²) in [5.41, 5.74) is 2.41. The summed E-state index contributed by atoms with van der Waals surface area (Å²) in [7, 11) is 2.24. The van der Waals surface area contributed by atoms with E-state index in [1.807, 2.05) is 31.2 Å². The van der Waals surface area contributed by atoms with E-state index < -0.39 is 6.10 Å². The number of thiophene rings is 1. The van der Waals surface area contributed by atoms with Crippen molar-refractivity contribution in [1.29, 1.82) is 0 Å². The van der Waals surface area contributed by atoms with Crippen molar-refractivity contribution in [2.45, 2.75) is 76.7 Å². The molecule has 0 saturated carbocycles. The van der Waals surface area contributed by atoms with E-state index in [2.05, 4.69) is 35.7 Å². The standard InChI is InChI=1S/C27H31N3O3S/c1-4-17-12-20(8-11-25(17)33-22-13-18-6-7-19(14-22)29(18)3)30-16-28-24-15-23(10-9-21(31)5-2)34-26(24)27(30)32/h8,11-12,15-16,18-19,21-22,31H,4-7,13-14H2,1-3H3/t18-,19+,21?,22+. The van der Waals surface area contributed by atoms with Crippen LogP contribution in [0.1, 0.15) is 56.4 Å². The molecule has 2 aliphatic rings. The van der Waals surface area contributed by atoms with Crippen molar-refractivity contribution in [2.24, 2.45) is 0 Å². The van der Waals surface area contributed by atoms with Crippen molar-refractivity contribution in [3.63, 3.8) is 0 Å². The number of fused-ring (bicyclic) bond motifs is 3. The quantitative estimate of drug-likeness (QED) is 0.560. The maximum atomic E-state index is 13.2. The predicted molar refractivity (Wildman–Crippen MR) is 136 cm³/mol. The molecular weight excluding hydrogens is 446 g/mol. The van der Waals surface area contributed by atoms with Crippen LogP contribution in [0.4, 0.5) is 0 Å². The molecule has 2 aliphatic heterocycles. The third-order valence-corrected chi connectivity index (χ3v) is 8.27. The maximum absolute atomic E-state index is 13.2. The minimum Gasteiger partial charge on any atom is -0.490 e. The lowest BCUT2D eigenvalue weighted by Crippen LogP contribution is -2.43. The second kappa shape index (κ2) is 9.53. The Bertz CT molecular complexity index is 1300.